The van der Waals surface area contributed by atoms with E-state index in [1.54, 1.807) is 12.1 Å². The van der Waals surface area contributed by atoms with Gasteiger partial charge in [-0.05, 0) is 43.5 Å². The molecule has 3 rings (SSSR count). The lowest BCUT2D eigenvalue weighted by atomic mass is 10.3. The van der Waals surface area contributed by atoms with Crippen molar-refractivity contribution in [2.45, 2.75) is 43.7 Å². The molecule has 0 aliphatic heterocycles. The number of amides is 1. The number of aryl methyl sites for hydroxylation is 1. The normalized spacial score (nSPS) is 14.2. The van der Waals surface area contributed by atoms with E-state index in [1.807, 2.05) is 6.92 Å². The zero-order valence-corrected chi connectivity index (χ0v) is 15.1. The van der Waals surface area contributed by atoms with E-state index < -0.39 is 15.9 Å². The number of rotatable bonds is 7. The quantitative estimate of drug-likeness (QED) is 0.758. The lowest BCUT2D eigenvalue weighted by Crippen LogP contribution is -2.26. The fraction of sp³-hybridized carbons (Fsp3) is 0.353. The van der Waals surface area contributed by atoms with E-state index in [9.17, 15) is 18.0 Å². The highest BCUT2D eigenvalue weighted by Crippen LogP contribution is 2.23. The monoisotopic (exact) mass is 376 g/mol. The fourth-order valence-electron chi connectivity index (χ4n) is 2.37. The fourth-order valence-corrected chi connectivity index (χ4v) is 3.72. The third kappa shape index (κ3) is 4.36. The maximum Gasteiger partial charge on any atom is 0.276 e. The Morgan fingerprint density at radius 2 is 2.04 bits per heavy atom. The van der Waals surface area contributed by atoms with Gasteiger partial charge in [-0.15, -0.1) is 0 Å². The van der Waals surface area contributed by atoms with Crippen molar-refractivity contribution in [1.29, 1.82) is 0 Å². The Hall–Kier alpha value is -2.52. The minimum absolute atomic E-state index is 0.00191. The molecule has 0 unspecified atom stereocenters. The first-order chi connectivity index (χ1) is 12.4. The number of nitrogens with one attached hydrogen (secondary N) is 2. The van der Waals surface area contributed by atoms with Gasteiger partial charge in [-0.25, -0.2) is 17.8 Å². The van der Waals surface area contributed by atoms with Gasteiger partial charge in [0.05, 0.1) is 4.90 Å². The minimum atomic E-state index is -3.60. The largest absolute Gasteiger partial charge is 0.321 e. The molecule has 26 heavy (non-hydrogen) atoms. The van der Waals surface area contributed by atoms with Crippen molar-refractivity contribution in [1.82, 2.24) is 14.5 Å². The number of hydrogen-bond acceptors (Lipinski definition) is 5. The van der Waals surface area contributed by atoms with Crippen LogP contribution in [0.5, 0.6) is 0 Å². The van der Waals surface area contributed by atoms with Crippen molar-refractivity contribution < 1.29 is 13.2 Å². The number of aromatic nitrogens is 2. The molecule has 0 radical (unpaired) electrons. The molecular weight excluding hydrogens is 356 g/mol. The van der Waals surface area contributed by atoms with Gasteiger partial charge in [0.1, 0.15) is 5.69 Å². The van der Waals surface area contributed by atoms with Crippen LogP contribution in [0, 0.1) is 0 Å². The molecule has 0 bridgehead atoms. The summed E-state index contributed by atoms with van der Waals surface area (Å²) in [6, 6.07) is 8.66. The summed E-state index contributed by atoms with van der Waals surface area (Å²) >= 11 is 0. The SMILES string of the molecule is CCCn1nc(C(=O)Nc2cccc(S(=O)(=O)NC3CC3)c2)ccc1=O. The van der Waals surface area contributed by atoms with Gasteiger partial charge in [0.15, 0.2) is 0 Å². The molecular formula is C17H20N4O4S. The van der Waals surface area contributed by atoms with Crippen LogP contribution in [0.2, 0.25) is 0 Å². The third-order valence-electron chi connectivity index (χ3n) is 3.84. The Balaban J connectivity index is 1.78. The molecule has 138 valence electrons. The first-order valence-corrected chi connectivity index (χ1v) is 9.89. The lowest BCUT2D eigenvalue weighted by molar-refractivity contribution is 0.101. The Bertz CT molecular complexity index is 980. The molecule has 0 saturated heterocycles. The summed E-state index contributed by atoms with van der Waals surface area (Å²) < 4.78 is 28.4. The molecule has 2 aromatic rings. The Morgan fingerprint density at radius 3 is 2.73 bits per heavy atom. The van der Waals surface area contributed by atoms with Gasteiger partial charge < -0.3 is 5.32 Å². The van der Waals surface area contributed by atoms with Crippen LogP contribution in [0.25, 0.3) is 0 Å². The van der Waals surface area contributed by atoms with Gasteiger partial charge >= 0.3 is 0 Å². The topological polar surface area (TPSA) is 110 Å². The average Bonchev–Trinajstić information content (AvgIpc) is 3.40. The number of sulfonamides is 1. The number of hydrogen-bond donors (Lipinski definition) is 2. The molecule has 1 aliphatic carbocycles. The summed E-state index contributed by atoms with van der Waals surface area (Å²) in [7, 11) is -3.60. The van der Waals surface area contributed by atoms with Crippen molar-refractivity contribution in [2.75, 3.05) is 5.32 Å². The van der Waals surface area contributed by atoms with Crippen molar-refractivity contribution in [3.05, 3.63) is 52.4 Å². The maximum atomic E-state index is 12.4. The Morgan fingerprint density at radius 1 is 1.27 bits per heavy atom. The van der Waals surface area contributed by atoms with Gasteiger partial charge in [0.25, 0.3) is 11.5 Å². The summed E-state index contributed by atoms with van der Waals surface area (Å²) in [5.74, 6) is -0.514. The zero-order valence-electron chi connectivity index (χ0n) is 14.3. The van der Waals surface area contributed by atoms with E-state index in [2.05, 4.69) is 15.1 Å². The van der Waals surface area contributed by atoms with Crippen molar-refractivity contribution in [2.24, 2.45) is 0 Å². The van der Waals surface area contributed by atoms with Gasteiger partial charge in [-0.1, -0.05) is 13.0 Å². The Kier molecular flexibility index (Phi) is 5.19. The summed E-state index contributed by atoms with van der Waals surface area (Å²) in [5.41, 5.74) is 0.147. The second-order valence-corrected chi connectivity index (χ2v) is 7.87. The van der Waals surface area contributed by atoms with Crippen LogP contribution in [-0.4, -0.2) is 30.1 Å². The molecule has 1 amide bonds. The molecule has 1 aromatic heterocycles. The predicted octanol–water partition coefficient (Wildman–Crippen LogP) is 1.35. The van der Waals surface area contributed by atoms with Crippen LogP contribution < -0.4 is 15.6 Å². The second kappa shape index (κ2) is 7.38. The number of carbonyl (C=O) groups excluding carboxylic acids is 1. The molecule has 1 saturated carbocycles. The standard InChI is InChI=1S/C17H20N4O4S/c1-2-10-21-16(22)9-8-15(19-21)17(23)18-13-4-3-5-14(11-13)26(24,25)20-12-6-7-12/h3-5,8-9,11-12,20H,2,6-7,10H2,1H3,(H,18,23). The van der Waals surface area contributed by atoms with Gasteiger partial charge in [-0.2, -0.15) is 5.10 Å². The summed E-state index contributed by atoms with van der Waals surface area (Å²) in [4.78, 5) is 24.2. The first-order valence-electron chi connectivity index (χ1n) is 8.41. The molecule has 1 aromatic carbocycles. The highest BCUT2D eigenvalue weighted by molar-refractivity contribution is 7.89. The molecule has 1 aliphatic rings. The van der Waals surface area contributed by atoms with Gasteiger partial charge in [0, 0.05) is 24.3 Å². The van der Waals surface area contributed by atoms with Crippen molar-refractivity contribution in [3.8, 4) is 0 Å². The zero-order chi connectivity index (χ0) is 18.7. The van der Waals surface area contributed by atoms with Crippen molar-refractivity contribution in [3.63, 3.8) is 0 Å². The molecule has 0 atom stereocenters. The summed E-state index contributed by atoms with van der Waals surface area (Å²) in [6.07, 6.45) is 2.40. The Labute approximate surface area is 151 Å². The summed E-state index contributed by atoms with van der Waals surface area (Å²) in [5, 5.41) is 6.66. The molecule has 8 nitrogen and oxygen atoms in total. The maximum absolute atomic E-state index is 12.4. The van der Waals surface area contributed by atoms with Crippen molar-refractivity contribution >= 4 is 21.6 Å². The highest BCUT2D eigenvalue weighted by Gasteiger charge is 2.28. The second-order valence-electron chi connectivity index (χ2n) is 6.16. The van der Waals surface area contributed by atoms with E-state index in [0.717, 1.165) is 12.8 Å². The van der Waals surface area contributed by atoms with Crippen LogP contribution in [-0.2, 0) is 16.6 Å². The van der Waals surface area contributed by atoms with E-state index in [0.29, 0.717) is 18.7 Å². The van der Waals surface area contributed by atoms with Crippen LogP contribution in [0.15, 0.2) is 46.1 Å². The van der Waals surface area contributed by atoms with Crippen LogP contribution in [0.3, 0.4) is 0 Å². The smallest absolute Gasteiger partial charge is 0.276 e. The predicted molar refractivity (Wildman–Crippen MR) is 96.5 cm³/mol. The molecule has 0 spiro atoms. The minimum Gasteiger partial charge on any atom is -0.321 e. The van der Waals surface area contributed by atoms with E-state index >= 15 is 0 Å². The number of benzene rings is 1. The van der Waals surface area contributed by atoms with E-state index in [1.165, 1.54) is 28.9 Å². The lowest BCUT2D eigenvalue weighted by Gasteiger charge is -2.09. The third-order valence-corrected chi connectivity index (χ3v) is 5.35. The number of anilines is 1. The van der Waals surface area contributed by atoms with E-state index in [4.69, 9.17) is 0 Å². The molecule has 1 fully saturated rings. The molecule has 1 heterocycles. The number of carbonyl (C=O) groups is 1. The van der Waals surface area contributed by atoms with E-state index in [-0.39, 0.29) is 22.2 Å². The van der Waals surface area contributed by atoms with Crippen LogP contribution >= 0.6 is 0 Å². The molecule has 2 N–H and O–H groups in total. The summed E-state index contributed by atoms with van der Waals surface area (Å²) in [6.45, 7) is 2.32. The number of nitrogens with zero attached hydrogens (tertiary/aromatic N) is 2. The first kappa shape index (κ1) is 18.3. The highest BCUT2D eigenvalue weighted by atomic mass is 32.2. The molecule has 9 heteroatoms. The van der Waals surface area contributed by atoms with Crippen LogP contribution in [0.1, 0.15) is 36.7 Å². The van der Waals surface area contributed by atoms with Gasteiger partial charge in [0.2, 0.25) is 10.0 Å². The van der Waals surface area contributed by atoms with Gasteiger partial charge in [-0.3, -0.25) is 9.59 Å². The average molecular weight is 376 g/mol. The van der Waals surface area contributed by atoms with Crippen LogP contribution in [0.4, 0.5) is 5.69 Å².